The van der Waals surface area contributed by atoms with Gasteiger partial charge in [-0.15, -0.1) is 0 Å². The molecule has 5 heteroatoms. The highest BCUT2D eigenvalue weighted by Gasteiger charge is 2.33. The average molecular weight is 239 g/mol. The molecule has 3 N–H and O–H groups in total. The van der Waals surface area contributed by atoms with E-state index in [1.54, 1.807) is 11.3 Å². The van der Waals surface area contributed by atoms with Crippen molar-refractivity contribution in [2.24, 2.45) is 10.9 Å². The Morgan fingerprint density at radius 3 is 3.00 bits per heavy atom. The highest BCUT2D eigenvalue weighted by Crippen LogP contribution is 2.30. The van der Waals surface area contributed by atoms with Crippen LogP contribution in [-0.4, -0.2) is 28.0 Å². The van der Waals surface area contributed by atoms with Crippen molar-refractivity contribution >= 4 is 17.2 Å². The zero-order valence-electron chi connectivity index (χ0n) is 9.34. The molecular weight excluding hydrogens is 222 g/mol. The number of rotatable bonds is 5. The summed E-state index contributed by atoms with van der Waals surface area (Å²) in [6.07, 6.45) is 2.43. The number of hydrogen-bond acceptors (Lipinski definition) is 4. The van der Waals surface area contributed by atoms with Crippen molar-refractivity contribution in [3.8, 4) is 0 Å². The SMILES string of the molecule is CC(C(N)=NO)N(Cc1ccsc1)C1CC1. The number of amidine groups is 1. The molecule has 1 unspecified atom stereocenters. The van der Waals surface area contributed by atoms with E-state index in [0.717, 1.165) is 6.54 Å². The molecule has 2 rings (SSSR count). The van der Waals surface area contributed by atoms with Gasteiger partial charge < -0.3 is 10.9 Å². The Hall–Kier alpha value is -1.07. The summed E-state index contributed by atoms with van der Waals surface area (Å²) in [5.41, 5.74) is 6.97. The Bertz CT molecular complexity index is 359. The van der Waals surface area contributed by atoms with Crippen LogP contribution < -0.4 is 5.73 Å². The normalized spacial score (nSPS) is 19.0. The van der Waals surface area contributed by atoms with Gasteiger partial charge in [-0.25, -0.2) is 0 Å². The largest absolute Gasteiger partial charge is 0.409 e. The van der Waals surface area contributed by atoms with E-state index in [1.165, 1.54) is 18.4 Å². The van der Waals surface area contributed by atoms with Crippen LogP contribution in [0, 0.1) is 0 Å². The van der Waals surface area contributed by atoms with Crippen molar-refractivity contribution in [3.05, 3.63) is 22.4 Å². The number of nitrogens with two attached hydrogens (primary N) is 1. The van der Waals surface area contributed by atoms with Gasteiger partial charge in [0, 0.05) is 12.6 Å². The van der Waals surface area contributed by atoms with Gasteiger partial charge in [0.25, 0.3) is 0 Å². The molecule has 1 aromatic heterocycles. The molecule has 1 heterocycles. The van der Waals surface area contributed by atoms with Crippen LogP contribution in [0.5, 0.6) is 0 Å². The molecule has 0 amide bonds. The summed E-state index contributed by atoms with van der Waals surface area (Å²) in [6.45, 7) is 2.87. The fourth-order valence-corrected chi connectivity index (χ4v) is 2.50. The molecule has 88 valence electrons. The summed E-state index contributed by atoms with van der Waals surface area (Å²) >= 11 is 1.70. The van der Waals surface area contributed by atoms with E-state index in [0.29, 0.717) is 11.9 Å². The maximum absolute atomic E-state index is 8.72. The minimum atomic E-state index is -0.00241. The number of hydrogen-bond donors (Lipinski definition) is 2. The molecule has 0 aliphatic heterocycles. The first-order valence-electron chi connectivity index (χ1n) is 5.46. The Morgan fingerprint density at radius 1 is 1.75 bits per heavy atom. The summed E-state index contributed by atoms with van der Waals surface area (Å²) in [5, 5.41) is 16.0. The number of oxime groups is 1. The van der Waals surface area contributed by atoms with E-state index in [-0.39, 0.29) is 6.04 Å². The fraction of sp³-hybridized carbons (Fsp3) is 0.545. The van der Waals surface area contributed by atoms with Crippen molar-refractivity contribution in [2.45, 2.75) is 38.4 Å². The summed E-state index contributed by atoms with van der Waals surface area (Å²) in [6, 6.07) is 2.71. The Balaban J connectivity index is 2.05. The maximum atomic E-state index is 8.72. The van der Waals surface area contributed by atoms with Crippen LogP contribution in [0.3, 0.4) is 0 Å². The van der Waals surface area contributed by atoms with Crippen LogP contribution in [-0.2, 0) is 6.54 Å². The predicted molar refractivity (Wildman–Crippen MR) is 65.8 cm³/mol. The van der Waals surface area contributed by atoms with Crippen LogP contribution in [0.25, 0.3) is 0 Å². The smallest absolute Gasteiger partial charge is 0.156 e. The van der Waals surface area contributed by atoms with E-state index in [9.17, 15) is 0 Å². The van der Waals surface area contributed by atoms with Crippen molar-refractivity contribution in [2.75, 3.05) is 0 Å². The average Bonchev–Trinajstić information content (AvgIpc) is 3.01. The second kappa shape index (κ2) is 4.84. The molecule has 0 bridgehead atoms. The molecule has 1 aromatic rings. The lowest BCUT2D eigenvalue weighted by molar-refractivity contribution is 0.225. The van der Waals surface area contributed by atoms with Gasteiger partial charge >= 0.3 is 0 Å². The fourth-order valence-electron chi connectivity index (χ4n) is 1.84. The third kappa shape index (κ3) is 2.54. The van der Waals surface area contributed by atoms with Gasteiger partial charge in [0.15, 0.2) is 5.84 Å². The third-order valence-electron chi connectivity index (χ3n) is 3.00. The van der Waals surface area contributed by atoms with Gasteiger partial charge in [0.05, 0.1) is 6.04 Å². The van der Waals surface area contributed by atoms with Crippen LogP contribution in [0.15, 0.2) is 22.0 Å². The lowest BCUT2D eigenvalue weighted by Gasteiger charge is -2.27. The molecule has 1 aliphatic rings. The molecule has 1 fully saturated rings. The Labute approximate surface area is 99.4 Å². The van der Waals surface area contributed by atoms with E-state index in [2.05, 4.69) is 26.9 Å². The molecule has 0 spiro atoms. The van der Waals surface area contributed by atoms with Crippen molar-refractivity contribution in [3.63, 3.8) is 0 Å². The second-order valence-electron chi connectivity index (χ2n) is 4.24. The van der Waals surface area contributed by atoms with E-state index in [4.69, 9.17) is 10.9 Å². The standard InChI is InChI=1S/C11H17N3OS/c1-8(11(12)13-15)14(10-2-3-10)6-9-4-5-16-7-9/h4-5,7-8,10,15H,2-3,6H2,1H3,(H2,12,13). The first-order valence-corrected chi connectivity index (χ1v) is 6.41. The zero-order valence-corrected chi connectivity index (χ0v) is 10.2. The van der Waals surface area contributed by atoms with Crippen LogP contribution in [0.1, 0.15) is 25.3 Å². The summed E-state index contributed by atoms with van der Waals surface area (Å²) in [4.78, 5) is 2.30. The first-order chi connectivity index (χ1) is 7.72. The van der Waals surface area contributed by atoms with Gasteiger partial charge in [-0.2, -0.15) is 11.3 Å². The van der Waals surface area contributed by atoms with E-state index in [1.807, 2.05) is 6.92 Å². The van der Waals surface area contributed by atoms with Gasteiger partial charge in [0.1, 0.15) is 0 Å². The summed E-state index contributed by atoms with van der Waals surface area (Å²) < 4.78 is 0. The maximum Gasteiger partial charge on any atom is 0.156 e. The van der Waals surface area contributed by atoms with E-state index >= 15 is 0 Å². The summed E-state index contributed by atoms with van der Waals surface area (Å²) in [5.74, 6) is 0.294. The van der Waals surface area contributed by atoms with Gasteiger partial charge in [-0.3, -0.25) is 4.90 Å². The molecule has 0 radical (unpaired) electrons. The molecule has 1 aliphatic carbocycles. The molecule has 16 heavy (non-hydrogen) atoms. The molecule has 4 nitrogen and oxygen atoms in total. The monoisotopic (exact) mass is 239 g/mol. The van der Waals surface area contributed by atoms with Gasteiger partial charge in [0.2, 0.25) is 0 Å². The van der Waals surface area contributed by atoms with Crippen LogP contribution in [0.2, 0.25) is 0 Å². The Morgan fingerprint density at radius 2 is 2.50 bits per heavy atom. The predicted octanol–water partition coefficient (Wildman–Crippen LogP) is 1.85. The quantitative estimate of drug-likeness (QED) is 0.357. The number of nitrogens with zero attached hydrogens (tertiary/aromatic N) is 2. The molecular formula is C11H17N3OS. The second-order valence-corrected chi connectivity index (χ2v) is 5.02. The molecule has 1 saturated carbocycles. The topological polar surface area (TPSA) is 61.9 Å². The highest BCUT2D eigenvalue weighted by molar-refractivity contribution is 7.07. The highest BCUT2D eigenvalue weighted by atomic mass is 32.1. The van der Waals surface area contributed by atoms with Crippen LogP contribution in [0.4, 0.5) is 0 Å². The minimum absolute atomic E-state index is 0.00241. The van der Waals surface area contributed by atoms with Gasteiger partial charge in [-0.05, 0) is 42.2 Å². The van der Waals surface area contributed by atoms with Gasteiger partial charge in [-0.1, -0.05) is 5.16 Å². The third-order valence-corrected chi connectivity index (χ3v) is 3.73. The number of thiophene rings is 1. The van der Waals surface area contributed by atoms with Crippen LogP contribution >= 0.6 is 11.3 Å². The molecule has 0 saturated heterocycles. The van der Waals surface area contributed by atoms with E-state index < -0.39 is 0 Å². The first kappa shape index (κ1) is 11.4. The van der Waals surface area contributed by atoms with Crippen molar-refractivity contribution in [1.82, 2.24) is 4.90 Å². The minimum Gasteiger partial charge on any atom is -0.409 e. The van der Waals surface area contributed by atoms with Crippen molar-refractivity contribution < 1.29 is 5.21 Å². The van der Waals surface area contributed by atoms with Crippen molar-refractivity contribution in [1.29, 1.82) is 0 Å². The molecule has 0 aromatic carbocycles. The Kier molecular flexibility index (Phi) is 3.46. The lowest BCUT2D eigenvalue weighted by Crippen LogP contribution is -2.43. The lowest BCUT2D eigenvalue weighted by atomic mass is 10.2. The zero-order chi connectivity index (χ0) is 11.5. The molecule has 1 atom stereocenters. The summed E-state index contributed by atoms with van der Waals surface area (Å²) in [7, 11) is 0.